The summed E-state index contributed by atoms with van der Waals surface area (Å²) in [4.78, 5) is 0. The van der Waals surface area contributed by atoms with Gasteiger partial charge in [-0.2, -0.15) is 0 Å². The first-order valence-electron chi connectivity index (χ1n) is 5.67. The van der Waals surface area contributed by atoms with Gasteiger partial charge in [-0.15, -0.1) is 13.2 Å². The molecule has 0 amide bonds. The highest BCUT2D eigenvalue weighted by atomic mass is 19.4. The predicted molar refractivity (Wildman–Crippen MR) is 59.0 cm³/mol. The van der Waals surface area contributed by atoms with Crippen LogP contribution < -0.4 is 10.5 Å². The molecule has 3 nitrogen and oxygen atoms in total. The van der Waals surface area contributed by atoms with Gasteiger partial charge in [0.25, 0.3) is 0 Å². The highest BCUT2D eigenvalue weighted by Crippen LogP contribution is 2.34. The van der Waals surface area contributed by atoms with Gasteiger partial charge in [0.2, 0.25) is 0 Å². The minimum absolute atomic E-state index is 0.130. The van der Waals surface area contributed by atoms with Crippen LogP contribution in [0, 0.1) is 5.92 Å². The fourth-order valence-corrected chi connectivity index (χ4v) is 2.10. The molecule has 1 aromatic rings. The van der Waals surface area contributed by atoms with Crippen molar-refractivity contribution in [3.63, 3.8) is 0 Å². The molecule has 0 aromatic heterocycles. The number of nitrogens with two attached hydrogens (primary N) is 1. The van der Waals surface area contributed by atoms with Crippen LogP contribution in [-0.2, 0) is 4.74 Å². The summed E-state index contributed by atoms with van der Waals surface area (Å²) in [7, 11) is 0. The lowest BCUT2D eigenvalue weighted by Crippen LogP contribution is -2.18. The van der Waals surface area contributed by atoms with E-state index in [0.717, 1.165) is 12.0 Å². The minimum atomic E-state index is -4.66. The van der Waals surface area contributed by atoms with Crippen molar-refractivity contribution in [3.8, 4) is 5.75 Å². The standard InChI is InChI=1S/C12H14F3NO2/c13-12(14,15)18-10-3-1-8(2-4-10)11-9(7-16)5-6-17-11/h1-4,9,11H,5-7,16H2. The first-order valence-corrected chi connectivity index (χ1v) is 5.67. The Labute approximate surface area is 103 Å². The van der Waals surface area contributed by atoms with E-state index in [9.17, 15) is 13.2 Å². The fourth-order valence-electron chi connectivity index (χ4n) is 2.10. The normalized spacial score (nSPS) is 24.2. The Bertz CT molecular complexity index is 391. The summed E-state index contributed by atoms with van der Waals surface area (Å²) >= 11 is 0. The molecule has 0 saturated carbocycles. The molecule has 18 heavy (non-hydrogen) atoms. The van der Waals surface area contributed by atoms with Crippen LogP contribution in [0.3, 0.4) is 0 Å². The summed E-state index contributed by atoms with van der Waals surface area (Å²) in [6, 6.07) is 5.75. The van der Waals surface area contributed by atoms with Gasteiger partial charge >= 0.3 is 6.36 Å². The molecule has 1 aliphatic heterocycles. The van der Waals surface area contributed by atoms with Crippen molar-refractivity contribution in [1.29, 1.82) is 0 Å². The Morgan fingerprint density at radius 1 is 1.28 bits per heavy atom. The topological polar surface area (TPSA) is 44.5 Å². The van der Waals surface area contributed by atoms with E-state index in [4.69, 9.17) is 10.5 Å². The molecule has 0 radical (unpaired) electrons. The second-order valence-corrected chi connectivity index (χ2v) is 4.19. The summed E-state index contributed by atoms with van der Waals surface area (Å²) in [6.45, 7) is 1.14. The van der Waals surface area contributed by atoms with Crippen LogP contribution in [0.4, 0.5) is 13.2 Å². The average Bonchev–Trinajstić information content (AvgIpc) is 2.76. The third-order valence-corrected chi connectivity index (χ3v) is 2.96. The van der Waals surface area contributed by atoms with Crippen molar-refractivity contribution >= 4 is 0 Å². The van der Waals surface area contributed by atoms with Gasteiger partial charge in [-0.25, -0.2) is 0 Å². The lowest BCUT2D eigenvalue weighted by Gasteiger charge is -2.17. The van der Waals surface area contributed by atoms with Crippen LogP contribution in [0.25, 0.3) is 0 Å². The Morgan fingerprint density at radius 2 is 1.94 bits per heavy atom. The van der Waals surface area contributed by atoms with Gasteiger partial charge in [-0.3, -0.25) is 0 Å². The molecule has 0 bridgehead atoms. The molecule has 2 atom stereocenters. The lowest BCUT2D eigenvalue weighted by molar-refractivity contribution is -0.274. The Kier molecular flexibility index (Phi) is 3.77. The van der Waals surface area contributed by atoms with Gasteiger partial charge in [-0.05, 0) is 30.7 Å². The molecule has 1 aromatic carbocycles. The summed E-state index contributed by atoms with van der Waals surface area (Å²) < 4.78 is 45.3. The zero-order valence-electron chi connectivity index (χ0n) is 9.61. The zero-order valence-corrected chi connectivity index (χ0v) is 9.61. The third kappa shape index (κ3) is 3.14. The van der Waals surface area contributed by atoms with Gasteiger partial charge in [0.05, 0.1) is 6.10 Å². The molecular weight excluding hydrogens is 247 g/mol. The number of alkyl halides is 3. The maximum Gasteiger partial charge on any atom is 0.573 e. The maximum absolute atomic E-state index is 12.0. The largest absolute Gasteiger partial charge is 0.573 e. The third-order valence-electron chi connectivity index (χ3n) is 2.96. The van der Waals surface area contributed by atoms with Gasteiger partial charge in [0.15, 0.2) is 0 Å². The van der Waals surface area contributed by atoms with Crippen molar-refractivity contribution in [2.24, 2.45) is 11.7 Å². The van der Waals surface area contributed by atoms with E-state index in [2.05, 4.69) is 4.74 Å². The molecule has 0 spiro atoms. The van der Waals surface area contributed by atoms with E-state index in [1.165, 1.54) is 12.1 Å². The average molecular weight is 261 g/mol. The molecule has 6 heteroatoms. The SMILES string of the molecule is NCC1CCOC1c1ccc(OC(F)(F)F)cc1. The maximum atomic E-state index is 12.0. The van der Waals surface area contributed by atoms with E-state index < -0.39 is 6.36 Å². The quantitative estimate of drug-likeness (QED) is 0.909. The van der Waals surface area contributed by atoms with Crippen LogP contribution in [0.1, 0.15) is 18.1 Å². The summed E-state index contributed by atoms with van der Waals surface area (Å²) in [5, 5.41) is 0. The Balaban J connectivity index is 2.08. The van der Waals surface area contributed by atoms with E-state index in [1.807, 2.05) is 0 Å². The van der Waals surface area contributed by atoms with Gasteiger partial charge in [0.1, 0.15) is 5.75 Å². The van der Waals surface area contributed by atoms with Crippen molar-refractivity contribution in [1.82, 2.24) is 0 Å². The second kappa shape index (κ2) is 5.16. The van der Waals surface area contributed by atoms with Crippen molar-refractivity contribution < 1.29 is 22.6 Å². The number of hydrogen-bond donors (Lipinski definition) is 1. The molecule has 1 fully saturated rings. The lowest BCUT2D eigenvalue weighted by atomic mass is 9.95. The number of halogens is 3. The summed E-state index contributed by atoms with van der Waals surface area (Å²) in [5.41, 5.74) is 6.45. The molecule has 0 aliphatic carbocycles. The predicted octanol–water partition coefficient (Wildman–Crippen LogP) is 2.62. The van der Waals surface area contributed by atoms with Crippen LogP contribution in [0.2, 0.25) is 0 Å². The van der Waals surface area contributed by atoms with Crippen LogP contribution >= 0.6 is 0 Å². The fraction of sp³-hybridized carbons (Fsp3) is 0.500. The molecular formula is C12H14F3NO2. The summed E-state index contributed by atoms with van der Waals surface area (Å²) in [6.07, 6.45) is -3.91. The molecule has 1 saturated heterocycles. The van der Waals surface area contributed by atoms with E-state index in [1.54, 1.807) is 12.1 Å². The second-order valence-electron chi connectivity index (χ2n) is 4.19. The van der Waals surface area contributed by atoms with Crippen molar-refractivity contribution in [2.75, 3.05) is 13.2 Å². The number of ether oxygens (including phenoxy) is 2. The number of rotatable bonds is 3. The number of benzene rings is 1. The van der Waals surface area contributed by atoms with Crippen molar-refractivity contribution in [2.45, 2.75) is 18.9 Å². The van der Waals surface area contributed by atoms with E-state index in [-0.39, 0.29) is 17.8 Å². The molecule has 2 rings (SSSR count). The van der Waals surface area contributed by atoms with Crippen molar-refractivity contribution in [3.05, 3.63) is 29.8 Å². The molecule has 1 heterocycles. The van der Waals surface area contributed by atoms with E-state index in [0.29, 0.717) is 13.2 Å². The molecule has 2 N–H and O–H groups in total. The monoisotopic (exact) mass is 261 g/mol. The van der Waals surface area contributed by atoms with Crippen LogP contribution in [0.5, 0.6) is 5.75 Å². The first-order chi connectivity index (χ1) is 8.49. The highest BCUT2D eigenvalue weighted by molar-refractivity contribution is 5.29. The van der Waals surface area contributed by atoms with Crippen LogP contribution in [0.15, 0.2) is 24.3 Å². The number of hydrogen-bond acceptors (Lipinski definition) is 3. The van der Waals surface area contributed by atoms with E-state index >= 15 is 0 Å². The smallest absolute Gasteiger partial charge is 0.406 e. The van der Waals surface area contributed by atoms with Crippen LogP contribution in [-0.4, -0.2) is 19.5 Å². The Morgan fingerprint density at radius 3 is 2.50 bits per heavy atom. The molecule has 2 unspecified atom stereocenters. The summed E-state index contributed by atoms with van der Waals surface area (Å²) in [5.74, 6) is -0.00655. The highest BCUT2D eigenvalue weighted by Gasteiger charge is 2.32. The molecule has 100 valence electrons. The van der Waals surface area contributed by atoms with Gasteiger partial charge < -0.3 is 15.2 Å². The Hall–Kier alpha value is -1.27. The van der Waals surface area contributed by atoms with Gasteiger partial charge in [0, 0.05) is 12.5 Å². The van der Waals surface area contributed by atoms with Gasteiger partial charge in [-0.1, -0.05) is 12.1 Å². The minimum Gasteiger partial charge on any atom is -0.406 e. The zero-order chi connectivity index (χ0) is 13.2. The molecule has 1 aliphatic rings. The first kappa shape index (κ1) is 13.2.